The first kappa shape index (κ1) is 11.5. The van der Waals surface area contributed by atoms with Crippen LogP contribution in [0.3, 0.4) is 0 Å². The Labute approximate surface area is 108 Å². The van der Waals surface area contributed by atoms with Crippen LogP contribution in [0.15, 0.2) is 12.5 Å². The SMILES string of the molecule is COc1c[nH][c-]c1-c1[c-][nH+]cn1C.[Y]. The summed E-state index contributed by atoms with van der Waals surface area (Å²) in [6.07, 6.45) is 9.54. The number of nitrogens with one attached hydrogen (secondary N) is 2. The zero-order valence-electron chi connectivity index (χ0n) is 8.09. The fourth-order valence-corrected chi connectivity index (χ4v) is 1.23. The van der Waals surface area contributed by atoms with Crippen LogP contribution in [0, 0.1) is 12.4 Å². The summed E-state index contributed by atoms with van der Waals surface area (Å²) in [5.74, 6) is 0.770. The molecule has 0 saturated carbocycles. The van der Waals surface area contributed by atoms with E-state index in [0.717, 1.165) is 17.0 Å². The second-order valence-corrected chi connectivity index (χ2v) is 2.71. The largest absolute Gasteiger partial charge is 0.560 e. The number of methoxy groups -OCH3 is 1. The minimum absolute atomic E-state index is 0. The van der Waals surface area contributed by atoms with Gasteiger partial charge in [0.15, 0.2) is 0 Å². The molecule has 0 atom stereocenters. The van der Waals surface area contributed by atoms with Gasteiger partial charge in [0.05, 0.1) is 14.2 Å². The topological polar surface area (TPSA) is 44.1 Å². The molecule has 71 valence electrons. The maximum atomic E-state index is 5.15. The van der Waals surface area contributed by atoms with Gasteiger partial charge in [-0.25, -0.2) is 0 Å². The summed E-state index contributed by atoms with van der Waals surface area (Å²) >= 11 is 0. The standard InChI is InChI=1S/C9H10N3O.Y/c1-12-6-11-4-8(12)7-3-10-5-9(7)13-2;/h5-6,10-11H,1-2H3;/q-1;. The Morgan fingerprint density at radius 1 is 1.57 bits per heavy atom. The molecule has 2 aromatic heterocycles. The molecule has 0 fully saturated rings. The molecule has 0 aromatic carbocycles. The molecule has 2 aromatic rings. The van der Waals surface area contributed by atoms with Gasteiger partial charge in [-0.15, -0.1) is 6.20 Å². The first-order valence-electron chi connectivity index (χ1n) is 3.91. The van der Waals surface area contributed by atoms with Crippen molar-refractivity contribution in [2.24, 2.45) is 7.05 Å². The smallest absolute Gasteiger partial charge is 0.136 e. The molecule has 0 aliphatic carbocycles. The molecule has 0 bridgehead atoms. The molecule has 4 nitrogen and oxygen atoms in total. The maximum absolute atomic E-state index is 5.15. The third-order valence-corrected chi connectivity index (χ3v) is 1.91. The summed E-state index contributed by atoms with van der Waals surface area (Å²) in [6, 6.07) is 0. The zero-order valence-corrected chi connectivity index (χ0v) is 10.9. The maximum Gasteiger partial charge on any atom is 0.136 e. The summed E-state index contributed by atoms with van der Waals surface area (Å²) < 4.78 is 7.07. The predicted molar refractivity (Wildman–Crippen MR) is 46.0 cm³/mol. The van der Waals surface area contributed by atoms with Gasteiger partial charge in [-0.2, -0.15) is 5.56 Å². The molecule has 2 heterocycles. The van der Waals surface area contributed by atoms with Gasteiger partial charge in [-0.3, -0.25) is 0 Å². The number of hydrogen-bond acceptors (Lipinski definition) is 1. The first-order valence-corrected chi connectivity index (χ1v) is 3.91. The van der Waals surface area contributed by atoms with Crippen LogP contribution in [0.25, 0.3) is 11.3 Å². The minimum Gasteiger partial charge on any atom is -0.560 e. The monoisotopic (exact) mass is 265 g/mol. The molecule has 0 aliphatic rings. The van der Waals surface area contributed by atoms with Crippen LogP contribution in [-0.4, -0.2) is 16.7 Å². The molecule has 0 spiro atoms. The molecule has 0 amide bonds. The van der Waals surface area contributed by atoms with E-state index >= 15 is 0 Å². The molecule has 0 unspecified atom stereocenters. The van der Waals surface area contributed by atoms with Crippen LogP contribution < -0.4 is 9.72 Å². The normalized spacial score (nSPS) is 9.57. The van der Waals surface area contributed by atoms with Crippen LogP contribution in [0.2, 0.25) is 0 Å². The van der Waals surface area contributed by atoms with Crippen molar-refractivity contribution in [3.05, 3.63) is 24.9 Å². The minimum atomic E-state index is 0. The van der Waals surface area contributed by atoms with Crippen molar-refractivity contribution in [1.29, 1.82) is 0 Å². The molecular weight excluding hydrogens is 255 g/mol. The number of aryl methyl sites for hydroxylation is 1. The Morgan fingerprint density at radius 2 is 2.36 bits per heavy atom. The van der Waals surface area contributed by atoms with Gasteiger partial charge in [0.2, 0.25) is 0 Å². The van der Waals surface area contributed by atoms with Gasteiger partial charge in [-0.05, 0) is 11.4 Å². The molecule has 0 saturated heterocycles. The summed E-state index contributed by atoms with van der Waals surface area (Å²) in [5.41, 5.74) is 1.80. The Hall–Kier alpha value is -0.606. The van der Waals surface area contributed by atoms with Crippen LogP contribution in [-0.2, 0) is 39.8 Å². The average molecular weight is 265 g/mol. The van der Waals surface area contributed by atoms with E-state index in [1.807, 2.05) is 17.9 Å². The number of rotatable bonds is 2. The summed E-state index contributed by atoms with van der Waals surface area (Å²) in [6.45, 7) is 0. The summed E-state index contributed by atoms with van der Waals surface area (Å²) in [5, 5.41) is 0. The second kappa shape index (κ2) is 4.76. The average Bonchev–Trinajstić information content (AvgIpc) is 2.71. The van der Waals surface area contributed by atoms with Gasteiger partial charge in [-0.1, -0.05) is 6.20 Å². The Balaban J connectivity index is 0.000000980. The number of ether oxygens (including phenoxy) is 1. The number of hydrogen-bond donors (Lipinski definition) is 1. The number of nitrogens with zero attached hydrogens (tertiary/aromatic N) is 1. The van der Waals surface area contributed by atoms with E-state index in [4.69, 9.17) is 4.74 Å². The predicted octanol–water partition coefficient (Wildman–Crippen LogP) is 0.441. The number of imidazole rings is 1. The van der Waals surface area contributed by atoms with Crippen molar-refractivity contribution in [3.8, 4) is 17.0 Å². The van der Waals surface area contributed by atoms with Gasteiger partial charge in [0.1, 0.15) is 6.33 Å². The van der Waals surface area contributed by atoms with E-state index in [9.17, 15) is 0 Å². The third kappa shape index (κ3) is 1.91. The Kier molecular flexibility index (Phi) is 3.90. The fourth-order valence-electron chi connectivity index (χ4n) is 1.23. The van der Waals surface area contributed by atoms with Crippen molar-refractivity contribution in [2.45, 2.75) is 0 Å². The number of aromatic nitrogens is 3. The van der Waals surface area contributed by atoms with E-state index < -0.39 is 0 Å². The van der Waals surface area contributed by atoms with E-state index in [0.29, 0.717) is 0 Å². The first-order chi connectivity index (χ1) is 6.33. The van der Waals surface area contributed by atoms with E-state index in [1.165, 1.54) is 0 Å². The quantitative estimate of drug-likeness (QED) is 0.787. The second-order valence-electron chi connectivity index (χ2n) is 2.71. The van der Waals surface area contributed by atoms with Crippen molar-refractivity contribution in [3.63, 3.8) is 0 Å². The van der Waals surface area contributed by atoms with Gasteiger partial charge in [0.25, 0.3) is 0 Å². The molecule has 0 aliphatic heterocycles. The third-order valence-electron chi connectivity index (χ3n) is 1.91. The summed E-state index contributed by atoms with van der Waals surface area (Å²) in [7, 11) is 3.57. The molecule has 2 rings (SSSR count). The number of aromatic amines is 2. The van der Waals surface area contributed by atoms with Crippen molar-refractivity contribution in [1.82, 2.24) is 9.55 Å². The summed E-state index contributed by atoms with van der Waals surface area (Å²) in [4.78, 5) is 5.75. The van der Waals surface area contributed by atoms with Gasteiger partial charge in [0, 0.05) is 38.9 Å². The number of H-pyrrole nitrogens is 2. The van der Waals surface area contributed by atoms with E-state index in [-0.39, 0.29) is 32.7 Å². The van der Waals surface area contributed by atoms with Crippen molar-refractivity contribution in [2.75, 3.05) is 7.11 Å². The van der Waals surface area contributed by atoms with Crippen LogP contribution in [0.4, 0.5) is 0 Å². The van der Waals surface area contributed by atoms with E-state index in [1.54, 1.807) is 13.3 Å². The van der Waals surface area contributed by atoms with Crippen molar-refractivity contribution < 1.29 is 42.4 Å². The molecule has 5 heteroatoms. The van der Waals surface area contributed by atoms with Crippen molar-refractivity contribution >= 4 is 0 Å². The van der Waals surface area contributed by atoms with Gasteiger partial charge >= 0.3 is 0 Å². The molecule has 2 N–H and O–H groups in total. The molecular formula is C9H10N3OY-. The van der Waals surface area contributed by atoms with Gasteiger partial charge < -0.3 is 19.3 Å². The Morgan fingerprint density at radius 3 is 2.93 bits per heavy atom. The van der Waals surface area contributed by atoms with Crippen LogP contribution in [0.5, 0.6) is 5.75 Å². The fraction of sp³-hybridized carbons (Fsp3) is 0.222. The Bertz CT molecular complexity index is 408. The van der Waals surface area contributed by atoms with Crippen LogP contribution >= 0.6 is 0 Å². The molecule has 1 radical (unpaired) electrons. The van der Waals surface area contributed by atoms with E-state index in [2.05, 4.69) is 22.4 Å². The van der Waals surface area contributed by atoms with Crippen LogP contribution in [0.1, 0.15) is 0 Å². The zero-order chi connectivity index (χ0) is 9.26. The molecule has 14 heavy (non-hydrogen) atoms.